The number of hydrogen-bond acceptors (Lipinski definition) is 4. The van der Waals surface area contributed by atoms with Crippen molar-refractivity contribution in [3.63, 3.8) is 0 Å². The van der Waals surface area contributed by atoms with E-state index in [1.54, 1.807) is 7.11 Å². The summed E-state index contributed by atoms with van der Waals surface area (Å²) in [4.78, 5) is 14.3. The van der Waals surface area contributed by atoms with Crippen LogP contribution in [0.5, 0.6) is 0 Å². The Kier molecular flexibility index (Phi) is 12.3. The van der Waals surface area contributed by atoms with Crippen LogP contribution in [0.3, 0.4) is 0 Å². The number of rotatable bonds is 9. The fourth-order valence-corrected chi connectivity index (χ4v) is 2.72. The summed E-state index contributed by atoms with van der Waals surface area (Å²) in [5.74, 6) is 0.988. The molecule has 0 aromatic rings. The Morgan fingerprint density at radius 1 is 1.18 bits per heavy atom. The van der Waals surface area contributed by atoms with Gasteiger partial charge in [0, 0.05) is 39.4 Å². The predicted molar refractivity (Wildman–Crippen MR) is 94.2 cm³/mol. The zero-order chi connectivity index (χ0) is 14.2. The first-order valence-electron chi connectivity index (χ1n) is 7.99. The van der Waals surface area contributed by atoms with Crippen molar-refractivity contribution in [1.29, 1.82) is 0 Å². The third-order valence-corrected chi connectivity index (χ3v) is 4.19. The largest absolute Gasteiger partial charge is 0.385 e. The molecule has 22 heavy (non-hydrogen) atoms. The molecule has 1 aliphatic carbocycles. The number of carbonyl (C=O) groups is 1. The molecule has 1 saturated carbocycles. The normalized spacial score (nSPS) is 19.1. The molecule has 0 bridgehead atoms. The molecule has 0 radical (unpaired) electrons. The van der Waals surface area contributed by atoms with Crippen LogP contribution in [0, 0.1) is 5.92 Å². The third-order valence-electron chi connectivity index (χ3n) is 4.19. The zero-order valence-corrected chi connectivity index (χ0v) is 15.1. The maximum Gasteiger partial charge on any atom is 0.234 e. The molecule has 132 valence electrons. The highest BCUT2D eigenvalue weighted by Crippen LogP contribution is 2.27. The second-order valence-electron chi connectivity index (χ2n) is 6.10. The highest BCUT2D eigenvalue weighted by atomic mass is 35.5. The third kappa shape index (κ3) is 9.16. The van der Waals surface area contributed by atoms with Gasteiger partial charge in [0.05, 0.1) is 6.54 Å². The van der Waals surface area contributed by atoms with E-state index >= 15 is 0 Å². The topological polar surface area (TPSA) is 53.6 Å². The number of methoxy groups -OCH3 is 1. The fourth-order valence-electron chi connectivity index (χ4n) is 2.72. The molecule has 0 atom stereocenters. The van der Waals surface area contributed by atoms with E-state index in [0.29, 0.717) is 12.6 Å². The van der Waals surface area contributed by atoms with Crippen LogP contribution in [-0.4, -0.2) is 63.3 Å². The molecule has 2 aliphatic rings. The van der Waals surface area contributed by atoms with Crippen LogP contribution < -0.4 is 10.6 Å². The van der Waals surface area contributed by atoms with Gasteiger partial charge in [-0.1, -0.05) is 0 Å². The molecule has 1 saturated heterocycles. The number of hydrogen-bond donors (Lipinski definition) is 2. The first-order chi connectivity index (χ1) is 9.78. The van der Waals surface area contributed by atoms with Crippen molar-refractivity contribution in [2.45, 2.75) is 38.1 Å². The van der Waals surface area contributed by atoms with Gasteiger partial charge in [-0.15, -0.1) is 24.8 Å². The number of carbonyl (C=O) groups excluding carboxylic acids is 1. The lowest BCUT2D eigenvalue weighted by Crippen LogP contribution is -2.47. The second kappa shape index (κ2) is 12.4. The number of halogens is 2. The van der Waals surface area contributed by atoms with E-state index in [9.17, 15) is 4.79 Å². The van der Waals surface area contributed by atoms with Gasteiger partial charge in [0.2, 0.25) is 5.91 Å². The predicted octanol–water partition coefficient (Wildman–Crippen LogP) is 1.45. The summed E-state index contributed by atoms with van der Waals surface area (Å²) in [5.41, 5.74) is 0. The molecule has 2 N–H and O–H groups in total. The molecular weight excluding hydrogens is 325 g/mol. The van der Waals surface area contributed by atoms with Crippen molar-refractivity contribution >= 4 is 30.7 Å². The van der Waals surface area contributed by atoms with Crippen LogP contribution in [0.4, 0.5) is 0 Å². The highest BCUT2D eigenvalue weighted by molar-refractivity contribution is 5.85. The van der Waals surface area contributed by atoms with Gasteiger partial charge in [-0.2, -0.15) is 0 Å². The Morgan fingerprint density at radius 2 is 1.86 bits per heavy atom. The summed E-state index contributed by atoms with van der Waals surface area (Å²) in [6, 6.07) is 0.365. The quantitative estimate of drug-likeness (QED) is 0.614. The minimum absolute atomic E-state index is 0. The monoisotopic (exact) mass is 355 g/mol. The van der Waals surface area contributed by atoms with Gasteiger partial charge in [0.25, 0.3) is 0 Å². The van der Waals surface area contributed by atoms with Crippen molar-refractivity contribution in [2.75, 3.05) is 46.4 Å². The van der Waals surface area contributed by atoms with Gasteiger partial charge in [-0.3, -0.25) is 4.79 Å². The Hall–Kier alpha value is -0.0700. The van der Waals surface area contributed by atoms with E-state index in [0.717, 1.165) is 58.0 Å². The Morgan fingerprint density at radius 3 is 2.45 bits per heavy atom. The smallest absolute Gasteiger partial charge is 0.234 e. The van der Waals surface area contributed by atoms with Crippen LogP contribution in [0.25, 0.3) is 0 Å². The zero-order valence-electron chi connectivity index (χ0n) is 13.5. The van der Waals surface area contributed by atoms with Crippen LogP contribution >= 0.6 is 24.8 Å². The summed E-state index contributed by atoms with van der Waals surface area (Å²) in [5, 5.41) is 6.39. The van der Waals surface area contributed by atoms with E-state index in [1.165, 1.54) is 12.8 Å². The molecule has 7 heteroatoms. The Balaban J connectivity index is 0.00000220. The van der Waals surface area contributed by atoms with Crippen molar-refractivity contribution in [1.82, 2.24) is 15.5 Å². The summed E-state index contributed by atoms with van der Waals surface area (Å²) in [7, 11) is 1.75. The molecule has 0 unspecified atom stereocenters. The summed E-state index contributed by atoms with van der Waals surface area (Å²) >= 11 is 0. The Bertz CT molecular complexity index is 297. The van der Waals surface area contributed by atoms with Crippen molar-refractivity contribution in [3.05, 3.63) is 0 Å². The molecule has 2 rings (SSSR count). The molecular formula is C15H31Cl2N3O2. The van der Waals surface area contributed by atoms with E-state index in [-0.39, 0.29) is 30.7 Å². The van der Waals surface area contributed by atoms with Crippen LogP contribution in [0.15, 0.2) is 0 Å². The number of piperidine rings is 1. The van der Waals surface area contributed by atoms with Crippen LogP contribution in [0.2, 0.25) is 0 Å². The van der Waals surface area contributed by atoms with E-state index < -0.39 is 0 Å². The maximum absolute atomic E-state index is 11.8. The molecule has 0 spiro atoms. The van der Waals surface area contributed by atoms with E-state index in [4.69, 9.17) is 4.74 Å². The summed E-state index contributed by atoms with van der Waals surface area (Å²) in [6.07, 6.45) is 5.90. The van der Waals surface area contributed by atoms with Crippen molar-refractivity contribution < 1.29 is 9.53 Å². The molecule has 0 aromatic heterocycles. The maximum atomic E-state index is 11.8. The minimum Gasteiger partial charge on any atom is -0.385 e. The van der Waals surface area contributed by atoms with Gasteiger partial charge in [-0.05, 0) is 44.6 Å². The summed E-state index contributed by atoms with van der Waals surface area (Å²) in [6.45, 7) is 5.60. The number of amides is 1. The SMILES string of the molecule is COCCCN1CCC(NC(=O)CNCC2CC2)CC1.Cl.Cl. The first-order valence-corrected chi connectivity index (χ1v) is 7.99. The van der Waals surface area contributed by atoms with Crippen molar-refractivity contribution in [3.8, 4) is 0 Å². The molecule has 0 aromatic carbocycles. The molecule has 1 heterocycles. The average Bonchev–Trinajstić information content (AvgIpc) is 3.25. The highest BCUT2D eigenvalue weighted by Gasteiger charge is 2.22. The van der Waals surface area contributed by atoms with Crippen molar-refractivity contribution in [2.24, 2.45) is 5.92 Å². The second-order valence-corrected chi connectivity index (χ2v) is 6.10. The lowest BCUT2D eigenvalue weighted by atomic mass is 10.0. The minimum atomic E-state index is 0. The fraction of sp³-hybridized carbons (Fsp3) is 0.933. The van der Waals surface area contributed by atoms with Gasteiger partial charge in [0.1, 0.15) is 0 Å². The standard InChI is InChI=1S/C15H29N3O2.2ClH/c1-20-10-2-7-18-8-5-14(6-9-18)17-15(19)12-16-11-13-3-4-13;;/h13-14,16H,2-12H2,1H3,(H,17,19);2*1H. The average molecular weight is 356 g/mol. The summed E-state index contributed by atoms with van der Waals surface area (Å²) < 4.78 is 5.07. The lowest BCUT2D eigenvalue weighted by Gasteiger charge is -2.32. The van der Waals surface area contributed by atoms with E-state index in [1.807, 2.05) is 0 Å². The molecule has 5 nitrogen and oxygen atoms in total. The number of ether oxygens (including phenoxy) is 1. The number of nitrogens with zero attached hydrogens (tertiary/aromatic N) is 1. The number of likely N-dealkylation sites (tertiary alicyclic amines) is 1. The van der Waals surface area contributed by atoms with Gasteiger partial charge in [-0.25, -0.2) is 0 Å². The van der Waals surface area contributed by atoms with Crippen LogP contribution in [-0.2, 0) is 9.53 Å². The van der Waals surface area contributed by atoms with Gasteiger partial charge in [0.15, 0.2) is 0 Å². The van der Waals surface area contributed by atoms with Gasteiger partial charge >= 0.3 is 0 Å². The molecule has 1 aliphatic heterocycles. The first kappa shape index (κ1) is 21.9. The van der Waals surface area contributed by atoms with E-state index in [2.05, 4.69) is 15.5 Å². The number of nitrogens with one attached hydrogen (secondary N) is 2. The Labute approximate surface area is 146 Å². The van der Waals surface area contributed by atoms with Crippen LogP contribution in [0.1, 0.15) is 32.1 Å². The lowest BCUT2D eigenvalue weighted by molar-refractivity contribution is -0.121. The van der Waals surface area contributed by atoms with Gasteiger partial charge < -0.3 is 20.3 Å². The molecule has 1 amide bonds. The molecule has 2 fully saturated rings.